The minimum absolute atomic E-state index is 0.111. The molecule has 0 bridgehead atoms. The summed E-state index contributed by atoms with van der Waals surface area (Å²) in [6.07, 6.45) is 2.57. The third-order valence-electron chi connectivity index (χ3n) is 3.49. The molecule has 0 aliphatic heterocycles. The van der Waals surface area contributed by atoms with E-state index < -0.39 is 0 Å². The van der Waals surface area contributed by atoms with Crippen LogP contribution in [0, 0.1) is 0 Å². The quantitative estimate of drug-likeness (QED) is 0.420. The maximum Gasteiger partial charge on any atom is 0.191 e. The number of nitrogens with one attached hydrogen (secondary N) is 2. The molecule has 2 rings (SSSR count). The summed E-state index contributed by atoms with van der Waals surface area (Å²) in [6.45, 7) is 6.92. The molecular formula is C18H26N4O2. The van der Waals surface area contributed by atoms with Crippen LogP contribution in [-0.4, -0.2) is 30.8 Å². The summed E-state index contributed by atoms with van der Waals surface area (Å²) in [7, 11) is 0. The molecule has 1 atom stereocenters. The summed E-state index contributed by atoms with van der Waals surface area (Å²) in [5, 5.41) is 10.4. The highest BCUT2D eigenvalue weighted by atomic mass is 16.5. The number of ether oxygens (including phenoxy) is 1. The van der Waals surface area contributed by atoms with Crippen LogP contribution in [-0.2, 0) is 11.3 Å². The van der Waals surface area contributed by atoms with Crippen molar-refractivity contribution in [2.24, 2.45) is 4.99 Å². The van der Waals surface area contributed by atoms with Gasteiger partial charge in [0.2, 0.25) is 0 Å². The van der Waals surface area contributed by atoms with E-state index in [-0.39, 0.29) is 6.10 Å². The van der Waals surface area contributed by atoms with Crippen molar-refractivity contribution in [3.8, 4) is 0 Å². The van der Waals surface area contributed by atoms with Gasteiger partial charge in [0.25, 0.3) is 0 Å². The second kappa shape index (κ2) is 10.4. The molecule has 2 aromatic rings. The monoisotopic (exact) mass is 330 g/mol. The van der Waals surface area contributed by atoms with Crippen molar-refractivity contribution in [1.29, 1.82) is 0 Å². The Kier molecular flexibility index (Phi) is 7.83. The number of benzene rings is 1. The summed E-state index contributed by atoms with van der Waals surface area (Å²) in [5.74, 6) is 0.775. The number of rotatable bonds is 9. The number of aliphatic imine (C=N–C) groups is 1. The first-order valence-electron chi connectivity index (χ1n) is 8.37. The van der Waals surface area contributed by atoms with Crippen molar-refractivity contribution in [1.82, 2.24) is 15.8 Å². The van der Waals surface area contributed by atoms with E-state index in [0.717, 1.165) is 31.2 Å². The predicted molar refractivity (Wildman–Crippen MR) is 94.7 cm³/mol. The maximum absolute atomic E-state index is 5.87. The third kappa shape index (κ3) is 6.42. The molecule has 0 fully saturated rings. The Labute approximate surface area is 143 Å². The minimum Gasteiger partial charge on any atom is -0.374 e. The molecule has 1 unspecified atom stereocenters. The van der Waals surface area contributed by atoms with Crippen LogP contribution in [0.15, 0.2) is 52.2 Å². The highest BCUT2D eigenvalue weighted by Crippen LogP contribution is 2.15. The summed E-state index contributed by atoms with van der Waals surface area (Å²) < 4.78 is 10.7. The van der Waals surface area contributed by atoms with Gasteiger partial charge in [0.15, 0.2) is 5.96 Å². The Morgan fingerprint density at radius 1 is 1.25 bits per heavy atom. The van der Waals surface area contributed by atoms with Crippen molar-refractivity contribution >= 4 is 5.96 Å². The molecule has 2 N–H and O–H groups in total. The van der Waals surface area contributed by atoms with Crippen molar-refractivity contribution < 1.29 is 9.26 Å². The Morgan fingerprint density at radius 2 is 2.08 bits per heavy atom. The van der Waals surface area contributed by atoms with Gasteiger partial charge in [-0.25, -0.2) is 4.99 Å². The van der Waals surface area contributed by atoms with E-state index in [1.165, 1.54) is 5.56 Å². The molecule has 1 aromatic carbocycles. The zero-order valence-electron chi connectivity index (χ0n) is 14.4. The molecule has 0 saturated carbocycles. The Bertz CT molecular complexity index is 584. The highest BCUT2D eigenvalue weighted by molar-refractivity contribution is 5.79. The average Bonchev–Trinajstić information content (AvgIpc) is 3.13. The van der Waals surface area contributed by atoms with E-state index in [4.69, 9.17) is 9.26 Å². The lowest BCUT2D eigenvalue weighted by atomic mass is 10.1. The van der Waals surface area contributed by atoms with Gasteiger partial charge < -0.3 is 19.9 Å². The van der Waals surface area contributed by atoms with E-state index in [9.17, 15) is 0 Å². The lowest BCUT2D eigenvalue weighted by Crippen LogP contribution is -2.38. The summed E-state index contributed by atoms with van der Waals surface area (Å²) in [4.78, 5) is 4.47. The molecule has 130 valence electrons. The first kappa shape index (κ1) is 18.0. The standard InChI is InChI=1S/C18H26N4O2/c1-3-19-18(21-14-17-10-13-24-22-17)20-11-7-12-23-15(2)16-8-5-4-6-9-16/h4-6,8-10,13,15H,3,7,11-12,14H2,1-2H3,(H2,19,20,21). The van der Waals surface area contributed by atoms with Crippen LogP contribution in [0.25, 0.3) is 0 Å². The average molecular weight is 330 g/mol. The third-order valence-corrected chi connectivity index (χ3v) is 3.49. The normalized spacial score (nSPS) is 12.8. The zero-order chi connectivity index (χ0) is 17.0. The highest BCUT2D eigenvalue weighted by Gasteiger charge is 2.04. The van der Waals surface area contributed by atoms with Crippen LogP contribution in [0.3, 0.4) is 0 Å². The summed E-state index contributed by atoms with van der Waals surface area (Å²) in [5.41, 5.74) is 2.01. The molecular weight excluding hydrogens is 304 g/mol. The van der Waals surface area contributed by atoms with Crippen molar-refractivity contribution in [3.05, 3.63) is 53.9 Å². The van der Waals surface area contributed by atoms with E-state index >= 15 is 0 Å². The zero-order valence-corrected chi connectivity index (χ0v) is 14.4. The molecule has 24 heavy (non-hydrogen) atoms. The fourth-order valence-electron chi connectivity index (χ4n) is 2.18. The number of nitrogens with zero attached hydrogens (tertiary/aromatic N) is 2. The van der Waals surface area contributed by atoms with Gasteiger partial charge in [-0.1, -0.05) is 35.5 Å². The van der Waals surface area contributed by atoms with Gasteiger partial charge in [0.1, 0.15) is 12.0 Å². The van der Waals surface area contributed by atoms with E-state index in [1.807, 2.05) is 31.2 Å². The van der Waals surface area contributed by atoms with E-state index in [2.05, 4.69) is 39.8 Å². The predicted octanol–water partition coefficient (Wildman–Crippen LogP) is 2.90. The second-order valence-corrected chi connectivity index (χ2v) is 5.39. The molecule has 0 saturated heterocycles. The fourth-order valence-corrected chi connectivity index (χ4v) is 2.18. The van der Waals surface area contributed by atoms with Crippen LogP contribution < -0.4 is 10.6 Å². The molecule has 0 spiro atoms. The summed E-state index contributed by atoms with van der Waals surface area (Å²) in [6, 6.07) is 12.1. The van der Waals surface area contributed by atoms with E-state index in [1.54, 1.807) is 6.26 Å². The molecule has 0 amide bonds. The van der Waals surface area contributed by atoms with Crippen LogP contribution in [0.2, 0.25) is 0 Å². The van der Waals surface area contributed by atoms with Crippen molar-refractivity contribution in [2.75, 3.05) is 19.7 Å². The van der Waals surface area contributed by atoms with Crippen LogP contribution >= 0.6 is 0 Å². The number of aromatic nitrogens is 1. The number of guanidine groups is 1. The molecule has 0 radical (unpaired) electrons. The van der Waals surface area contributed by atoms with Crippen LogP contribution in [0.1, 0.15) is 37.6 Å². The molecule has 0 aliphatic carbocycles. The van der Waals surface area contributed by atoms with Gasteiger partial charge in [0.05, 0.1) is 12.6 Å². The smallest absolute Gasteiger partial charge is 0.191 e. The topological polar surface area (TPSA) is 71.7 Å². The van der Waals surface area contributed by atoms with Crippen LogP contribution in [0.4, 0.5) is 0 Å². The lowest BCUT2D eigenvalue weighted by Gasteiger charge is -2.14. The maximum atomic E-state index is 5.87. The van der Waals surface area contributed by atoms with Gasteiger partial charge in [-0.3, -0.25) is 0 Å². The molecule has 1 aromatic heterocycles. The molecule has 1 heterocycles. The van der Waals surface area contributed by atoms with E-state index in [0.29, 0.717) is 13.2 Å². The van der Waals surface area contributed by atoms with Gasteiger partial charge in [0, 0.05) is 25.8 Å². The van der Waals surface area contributed by atoms with Crippen molar-refractivity contribution in [2.45, 2.75) is 32.9 Å². The van der Waals surface area contributed by atoms with Gasteiger partial charge in [-0.05, 0) is 25.8 Å². The lowest BCUT2D eigenvalue weighted by molar-refractivity contribution is 0.0646. The number of hydrogen-bond acceptors (Lipinski definition) is 4. The summed E-state index contributed by atoms with van der Waals surface area (Å²) >= 11 is 0. The van der Waals surface area contributed by atoms with Crippen LogP contribution in [0.5, 0.6) is 0 Å². The molecule has 0 aliphatic rings. The molecule has 6 nitrogen and oxygen atoms in total. The second-order valence-electron chi connectivity index (χ2n) is 5.39. The molecule has 6 heteroatoms. The van der Waals surface area contributed by atoms with Gasteiger partial charge in [-0.15, -0.1) is 0 Å². The SMILES string of the molecule is CCNC(=NCc1ccon1)NCCCOC(C)c1ccccc1. The minimum atomic E-state index is 0.111. The Balaban J connectivity index is 1.66. The largest absolute Gasteiger partial charge is 0.374 e. The first-order chi connectivity index (χ1) is 11.8. The Morgan fingerprint density at radius 3 is 2.79 bits per heavy atom. The fraction of sp³-hybridized carbons (Fsp3) is 0.444. The Hall–Kier alpha value is -2.34. The van der Waals surface area contributed by atoms with Gasteiger partial charge in [-0.2, -0.15) is 0 Å². The van der Waals surface area contributed by atoms with Gasteiger partial charge >= 0.3 is 0 Å². The first-order valence-corrected chi connectivity index (χ1v) is 8.37. The number of hydrogen-bond donors (Lipinski definition) is 2. The van der Waals surface area contributed by atoms with Crippen molar-refractivity contribution in [3.63, 3.8) is 0 Å².